The van der Waals surface area contributed by atoms with Crippen molar-refractivity contribution in [1.82, 2.24) is 9.80 Å². The zero-order valence-corrected chi connectivity index (χ0v) is 17.2. The number of nitrogens with zero attached hydrogens (tertiary/aromatic N) is 2. The molecule has 0 spiro atoms. The standard InChI is InChI=1S/C24H30N2O3/c1-25-17-19-6-4-7-20(16-19)18-26(21-10-14-28-15-11-21)12-5-13-29-23-9-3-2-8-22(23)24(25)27/h2-4,6-9,16,21H,5,10-15,17-18H2,1H3. The predicted molar refractivity (Wildman–Crippen MR) is 113 cm³/mol. The van der Waals surface area contributed by atoms with Gasteiger partial charge in [-0.05, 0) is 42.5 Å². The summed E-state index contributed by atoms with van der Waals surface area (Å²) in [6, 6.07) is 16.7. The average Bonchev–Trinajstić information content (AvgIpc) is 2.76. The summed E-state index contributed by atoms with van der Waals surface area (Å²) in [6.45, 7) is 4.78. The van der Waals surface area contributed by atoms with Crippen molar-refractivity contribution in [3.63, 3.8) is 0 Å². The highest BCUT2D eigenvalue weighted by molar-refractivity contribution is 5.96. The first-order chi connectivity index (χ1) is 14.2. The van der Waals surface area contributed by atoms with Crippen molar-refractivity contribution in [2.75, 3.05) is 33.4 Å². The lowest BCUT2D eigenvalue weighted by Crippen LogP contribution is -2.40. The third-order valence-electron chi connectivity index (χ3n) is 5.82. The zero-order chi connectivity index (χ0) is 20.1. The number of hydrogen-bond acceptors (Lipinski definition) is 4. The minimum absolute atomic E-state index is 0.00750. The highest BCUT2D eigenvalue weighted by atomic mass is 16.5. The van der Waals surface area contributed by atoms with Gasteiger partial charge in [-0.25, -0.2) is 0 Å². The molecule has 2 aliphatic rings. The Morgan fingerprint density at radius 3 is 2.52 bits per heavy atom. The molecule has 2 aliphatic heterocycles. The lowest BCUT2D eigenvalue weighted by molar-refractivity contribution is 0.0292. The second-order valence-corrected chi connectivity index (χ2v) is 7.99. The van der Waals surface area contributed by atoms with E-state index in [9.17, 15) is 4.79 Å². The van der Waals surface area contributed by atoms with Crippen LogP contribution < -0.4 is 4.74 Å². The predicted octanol–water partition coefficient (Wildman–Crippen LogP) is 3.72. The molecule has 29 heavy (non-hydrogen) atoms. The van der Waals surface area contributed by atoms with Gasteiger partial charge in [-0.3, -0.25) is 9.69 Å². The van der Waals surface area contributed by atoms with Gasteiger partial charge >= 0.3 is 0 Å². The molecular formula is C24H30N2O3. The lowest BCUT2D eigenvalue weighted by Gasteiger charge is -2.34. The van der Waals surface area contributed by atoms with Crippen LogP contribution in [0.25, 0.3) is 0 Å². The summed E-state index contributed by atoms with van der Waals surface area (Å²) >= 11 is 0. The van der Waals surface area contributed by atoms with Gasteiger partial charge in [0, 0.05) is 45.9 Å². The molecule has 0 aliphatic carbocycles. The number of benzene rings is 2. The van der Waals surface area contributed by atoms with Crippen molar-refractivity contribution in [3.05, 3.63) is 65.2 Å². The van der Waals surface area contributed by atoms with E-state index in [1.165, 1.54) is 5.56 Å². The summed E-state index contributed by atoms with van der Waals surface area (Å²) in [5.74, 6) is 0.666. The summed E-state index contributed by atoms with van der Waals surface area (Å²) < 4.78 is 11.6. The zero-order valence-electron chi connectivity index (χ0n) is 17.2. The number of carbonyl (C=O) groups excluding carboxylic acids is 1. The number of rotatable bonds is 1. The molecule has 5 nitrogen and oxygen atoms in total. The minimum Gasteiger partial charge on any atom is -0.493 e. The van der Waals surface area contributed by atoms with Gasteiger partial charge in [0.05, 0.1) is 12.2 Å². The molecule has 0 unspecified atom stereocenters. The highest BCUT2D eigenvalue weighted by Crippen LogP contribution is 2.23. The summed E-state index contributed by atoms with van der Waals surface area (Å²) in [4.78, 5) is 17.3. The van der Waals surface area contributed by atoms with Crippen LogP contribution in [0.3, 0.4) is 0 Å². The molecule has 2 aromatic carbocycles. The molecule has 2 bridgehead atoms. The molecule has 4 rings (SSSR count). The second-order valence-electron chi connectivity index (χ2n) is 7.99. The van der Waals surface area contributed by atoms with E-state index in [0.717, 1.165) is 51.1 Å². The maximum atomic E-state index is 13.0. The fourth-order valence-electron chi connectivity index (χ4n) is 4.27. The largest absolute Gasteiger partial charge is 0.493 e. The van der Waals surface area contributed by atoms with Crippen LogP contribution in [0.2, 0.25) is 0 Å². The Bertz CT molecular complexity index is 832. The van der Waals surface area contributed by atoms with Crippen LogP contribution >= 0.6 is 0 Å². The molecule has 2 heterocycles. The fraction of sp³-hybridized carbons (Fsp3) is 0.458. The van der Waals surface area contributed by atoms with Gasteiger partial charge in [0.2, 0.25) is 0 Å². The number of para-hydroxylation sites is 1. The maximum absolute atomic E-state index is 13.0. The van der Waals surface area contributed by atoms with Gasteiger partial charge in [-0.15, -0.1) is 0 Å². The van der Waals surface area contributed by atoms with Crippen LogP contribution in [0.1, 0.15) is 40.7 Å². The first-order valence-corrected chi connectivity index (χ1v) is 10.6. The Labute approximate surface area is 173 Å². The van der Waals surface area contributed by atoms with Crippen molar-refractivity contribution in [3.8, 4) is 5.75 Å². The van der Waals surface area contributed by atoms with E-state index in [-0.39, 0.29) is 5.91 Å². The van der Waals surface area contributed by atoms with Crippen LogP contribution in [0.5, 0.6) is 5.75 Å². The van der Waals surface area contributed by atoms with Crippen LogP contribution in [-0.2, 0) is 17.8 Å². The molecule has 0 saturated carbocycles. The Balaban J connectivity index is 1.61. The van der Waals surface area contributed by atoms with Gasteiger partial charge in [-0.2, -0.15) is 0 Å². The number of ether oxygens (including phenoxy) is 2. The van der Waals surface area contributed by atoms with E-state index in [4.69, 9.17) is 9.47 Å². The van der Waals surface area contributed by atoms with E-state index >= 15 is 0 Å². The normalized spacial score (nSPS) is 19.9. The smallest absolute Gasteiger partial charge is 0.257 e. The number of hydrogen-bond donors (Lipinski definition) is 0. The Kier molecular flexibility index (Phi) is 6.47. The quantitative estimate of drug-likeness (QED) is 0.739. The Morgan fingerprint density at radius 2 is 1.69 bits per heavy atom. The molecule has 1 amide bonds. The van der Waals surface area contributed by atoms with Crippen LogP contribution in [-0.4, -0.2) is 55.2 Å². The van der Waals surface area contributed by atoms with E-state index < -0.39 is 0 Å². The lowest BCUT2D eigenvalue weighted by atomic mass is 10.0. The van der Waals surface area contributed by atoms with Crippen LogP contribution in [0.4, 0.5) is 0 Å². The molecule has 1 fully saturated rings. The molecule has 2 aromatic rings. The van der Waals surface area contributed by atoms with Crippen molar-refractivity contribution in [2.24, 2.45) is 0 Å². The molecule has 0 N–H and O–H groups in total. The topological polar surface area (TPSA) is 42.0 Å². The van der Waals surface area contributed by atoms with Crippen molar-refractivity contribution < 1.29 is 14.3 Å². The summed E-state index contributed by atoms with van der Waals surface area (Å²) in [5.41, 5.74) is 3.08. The van der Waals surface area contributed by atoms with E-state index in [0.29, 0.717) is 30.5 Å². The molecular weight excluding hydrogens is 364 g/mol. The Hall–Kier alpha value is -2.37. The van der Waals surface area contributed by atoms with E-state index in [1.54, 1.807) is 4.90 Å². The number of carbonyl (C=O) groups is 1. The third kappa shape index (κ3) is 4.98. The van der Waals surface area contributed by atoms with Gasteiger partial charge in [0.1, 0.15) is 5.75 Å². The van der Waals surface area contributed by atoms with E-state index in [2.05, 4.69) is 29.2 Å². The number of amides is 1. The molecule has 0 atom stereocenters. The second kappa shape index (κ2) is 9.42. The molecule has 0 radical (unpaired) electrons. The minimum atomic E-state index is -0.00750. The molecule has 0 aromatic heterocycles. The monoisotopic (exact) mass is 394 g/mol. The van der Waals surface area contributed by atoms with E-state index in [1.807, 2.05) is 31.3 Å². The first kappa shape index (κ1) is 19.9. The molecule has 5 heteroatoms. The van der Waals surface area contributed by atoms with Crippen molar-refractivity contribution >= 4 is 5.91 Å². The average molecular weight is 395 g/mol. The Morgan fingerprint density at radius 1 is 0.931 bits per heavy atom. The molecule has 1 saturated heterocycles. The van der Waals surface area contributed by atoms with Crippen molar-refractivity contribution in [1.29, 1.82) is 0 Å². The van der Waals surface area contributed by atoms with Crippen LogP contribution in [0.15, 0.2) is 48.5 Å². The first-order valence-electron chi connectivity index (χ1n) is 10.6. The summed E-state index contributed by atoms with van der Waals surface area (Å²) in [5, 5.41) is 0. The van der Waals surface area contributed by atoms with Gasteiger partial charge in [0.25, 0.3) is 5.91 Å². The van der Waals surface area contributed by atoms with Crippen LogP contribution in [0, 0.1) is 0 Å². The maximum Gasteiger partial charge on any atom is 0.257 e. The molecule has 154 valence electrons. The van der Waals surface area contributed by atoms with Gasteiger partial charge in [-0.1, -0.05) is 36.4 Å². The highest BCUT2D eigenvalue weighted by Gasteiger charge is 2.22. The summed E-state index contributed by atoms with van der Waals surface area (Å²) in [6.07, 6.45) is 3.09. The van der Waals surface area contributed by atoms with Crippen molar-refractivity contribution in [2.45, 2.75) is 38.4 Å². The van der Waals surface area contributed by atoms with Gasteiger partial charge < -0.3 is 14.4 Å². The number of fused-ring (bicyclic) bond motifs is 3. The third-order valence-corrected chi connectivity index (χ3v) is 5.82. The SMILES string of the molecule is CN1Cc2cccc(c2)CN(C2CCOCC2)CCCOc2ccccc2C1=O. The fourth-order valence-corrected chi connectivity index (χ4v) is 4.27. The van der Waals surface area contributed by atoms with Gasteiger partial charge in [0.15, 0.2) is 0 Å². The summed E-state index contributed by atoms with van der Waals surface area (Å²) in [7, 11) is 1.85.